The lowest BCUT2D eigenvalue weighted by Crippen LogP contribution is -2.25. The summed E-state index contributed by atoms with van der Waals surface area (Å²) in [6, 6.07) is 10.3. The van der Waals surface area contributed by atoms with Crippen molar-refractivity contribution >= 4 is 0 Å². The third kappa shape index (κ3) is 2.56. The molecule has 3 heteroatoms. The maximum atomic E-state index is 9.72. The van der Waals surface area contributed by atoms with Crippen molar-refractivity contribution in [1.82, 2.24) is 4.90 Å². The van der Waals surface area contributed by atoms with Crippen molar-refractivity contribution in [2.24, 2.45) is 11.7 Å². The Labute approximate surface area is 90.5 Å². The van der Waals surface area contributed by atoms with Crippen molar-refractivity contribution in [3.63, 3.8) is 0 Å². The van der Waals surface area contributed by atoms with Crippen LogP contribution in [-0.4, -0.2) is 35.7 Å². The van der Waals surface area contributed by atoms with Crippen molar-refractivity contribution in [1.29, 1.82) is 0 Å². The van der Waals surface area contributed by atoms with Crippen molar-refractivity contribution < 1.29 is 5.11 Å². The second-order valence-electron chi connectivity index (χ2n) is 4.24. The molecule has 1 fully saturated rings. The van der Waals surface area contributed by atoms with Crippen LogP contribution in [-0.2, 0) is 6.54 Å². The van der Waals surface area contributed by atoms with E-state index in [-0.39, 0.29) is 12.0 Å². The minimum Gasteiger partial charge on any atom is -0.391 e. The van der Waals surface area contributed by atoms with Gasteiger partial charge >= 0.3 is 0 Å². The number of nitrogens with two attached hydrogens (primary N) is 1. The maximum absolute atomic E-state index is 9.72. The van der Waals surface area contributed by atoms with Crippen LogP contribution in [0.15, 0.2) is 30.3 Å². The van der Waals surface area contributed by atoms with E-state index in [0.29, 0.717) is 6.54 Å². The lowest BCUT2D eigenvalue weighted by molar-refractivity contribution is 0.144. The first kappa shape index (κ1) is 10.6. The van der Waals surface area contributed by atoms with Gasteiger partial charge in [-0.3, -0.25) is 4.90 Å². The van der Waals surface area contributed by atoms with E-state index in [1.165, 1.54) is 5.56 Å². The molecular weight excluding hydrogens is 188 g/mol. The molecule has 82 valence electrons. The minimum atomic E-state index is -0.251. The largest absolute Gasteiger partial charge is 0.391 e. The molecule has 1 aliphatic rings. The van der Waals surface area contributed by atoms with Gasteiger partial charge in [-0.15, -0.1) is 0 Å². The summed E-state index contributed by atoms with van der Waals surface area (Å²) in [5.41, 5.74) is 6.89. The zero-order chi connectivity index (χ0) is 10.7. The van der Waals surface area contributed by atoms with E-state index in [0.717, 1.165) is 19.6 Å². The van der Waals surface area contributed by atoms with Crippen LogP contribution in [0, 0.1) is 5.92 Å². The third-order valence-electron chi connectivity index (χ3n) is 3.03. The molecule has 0 aliphatic carbocycles. The van der Waals surface area contributed by atoms with Gasteiger partial charge in [0.15, 0.2) is 0 Å². The molecule has 15 heavy (non-hydrogen) atoms. The highest BCUT2D eigenvalue weighted by Crippen LogP contribution is 2.18. The zero-order valence-electron chi connectivity index (χ0n) is 8.84. The minimum absolute atomic E-state index is 0.244. The molecular formula is C12H18N2O. The van der Waals surface area contributed by atoms with Crippen LogP contribution >= 0.6 is 0 Å². The fraction of sp³-hybridized carbons (Fsp3) is 0.500. The molecule has 1 aliphatic heterocycles. The number of benzene rings is 1. The van der Waals surface area contributed by atoms with Crippen molar-refractivity contribution in [2.75, 3.05) is 19.6 Å². The molecule has 0 aromatic heterocycles. The molecule has 1 heterocycles. The van der Waals surface area contributed by atoms with Gasteiger partial charge in [-0.05, 0) is 12.1 Å². The summed E-state index contributed by atoms with van der Waals surface area (Å²) in [6.45, 7) is 3.14. The van der Waals surface area contributed by atoms with Gasteiger partial charge in [-0.25, -0.2) is 0 Å². The number of likely N-dealkylation sites (tertiary alicyclic amines) is 1. The molecule has 1 saturated heterocycles. The number of aliphatic hydroxyl groups is 1. The molecule has 3 nitrogen and oxygen atoms in total. The lowest BCUT2D eigenvalue weighted by Gasteiger charge is -2.14. The van der Waals surface area contributed by atoms with E-state index >= 15 is 0 Å². The van der Waals surface area contributed by atoms with E-state index in [4.69, 9.17) is 5.73 Å². The summed E-state index contributed by atoms with van der Waals surface area (Å²) in [5.74, 6) is 0.244. The molecule has 0 saturated carbocycles. The van der Waals surface area contributed by atoms with Gasteiger partial charge in [-0.1, -0.05) is 30.3 Å². The number of β-amino-alcohol motifs (C(OH)–C–C–N with tert-alkyl or cyclic N) is 1. The molecule has 0 radical (unpaired) electrons. The SMILES string of the molecule is NC[C@@H]1CN(Cc2ccccc2)C[C@H]1O. The summed E-state index contributed by atoms with van der Waals surface area (Å²) >= 11 is 0. The average molecular weight is 206 g/mol. The molecule has 0 amide bonds. The van der Waals surface area contributed by atoms with Gasteiger partial charge in [0.1, 0.15) is 0 Å². The first-order valence-electron chi connectivity index (χ1n) is 5.44. The molecule has 2 rings (SSSR count). The molecule has 0 bridgehead atoms. The topological polar surface area (TPSA) is 49.5 Å². The Balaban J connectivity index is 1.92. The summed E-state index contributed by atoms with van der Waals surface area (Å²) in [6.07, 6.45) is -0.251. The van der Waals surface area contributed by atoms with E-state index in [9.17, 15) is 5.11 Å². The van der Waals surface area contributed by atoms with E-state index < -0.39 is 0 Å². The Bertz CT molecular complexity index is 302. The van der Waals surface area contributed by atoms with Crippen molar-refractivity contribution in [3.8, 4) is 0 Å². The second-order valence-corrected chi connectivity index (χ2v) is 4.24. The van der Waals surface area contributed by atoms with E-state index in [1.807, 2.05) is 18.2 Å². The lowest BCUT2D eigenvalue weighted by atomic mass is 10.1. The molecule has 2 atom stereocenters. The van der Waals surface area contributed by atoms with Crippen LogP contribution in [0.2, 0.25) is 0 Å². The smallest absolute Gasteiger partial charge is 0.0719 e. The Morgan fingerprint density at radius 1 is 1.27 bits per heavy atom. The zero-order valence-corrected chi connectivity index (χ0v) is 8.84. The molecule has 0 spiro atoms. The van der Waals surface area contributed by atoms with Crippen molar-refractivity contribution in [2.45, 2.75) is 12.6 Å². The molecule has 0 unspecified atom stereocenters. The Morgan fingerprint density at radius 3 is 2.60 bits per heavy atom. The highest BCUT2D eigenvalue weighted by Gasteiger charge is 2.29. The second kappa shape index (κ2) is 4.75. The summed E-state index contributed by atoms with van der Waals surface area (Å²) in [4.78, 5) is 2.26. The normalized spacial score (nSPS) is 27.1. The van der Waals surface area contributed by atoms with Gasteiger partial charge < -0.3 is 10.8 Å². The number of hydrogen-bond donors (Lipinski definition) is 2. The van der Waals surface area contributed by atoms with E-state index in [1.54, 1.807) is 0 Å². The Morgan fingerprint density at radius 2 is 2.00 bits per heavy atom. The van der Waals surface area contributed by atoms with E-state index in [2.05, 4.69) is 17.0 Å². The van der Waals surface area contributed by atoms with Gasteiger partial charge in [0.25, 0.3) is 0 Å². The van der Waals surface area contributed by atoms with Gasteiger partial charge in [0.2, 0.25) is 0 Å². The van der Waals surface area contributed by atoms with Crippen LogP contribution < -0.4 is 5.73 Å². The van der Waals surface area contributed by atoms with Crippen LogP contribution in [0.25, 0.3) is 0 Å². The number of aliphatic hydroxyl groups excluding tert-OH is 1. The number of hydrogen-bond acceptors (Lipinski definition) is 3. The van der Waals surface area contributed by atoms with Gasteiger partial charge in [0, 0.05) is 25.6 Å². The first-order valence-corrected chi connectivity index (χ1v) is 5.44. The molecule has 1 aromatic rings. The predicted octanol–water partition coefficient (Wildman–Crippen LogP) is 0.438. The quantitative estimate of drug-likeness (QED) is 0.754. The van der Waals surface area contributed by atoms with Crippen LogP contribution in [0.3, 0.4) is 0 Å². The van der Waals surface area contributed by atoms with Crippen LogP contribution in [0.1, 0.15) is 5.56 Å². The Kier molecular flexibility index (Phi) is 3.36. The number of rotatable bonds is 3. The van der Waals surface area contributed by atoms with Gasteiger partial charge in [0.05, 0.1) is 6.10 Å². The molecule has 3 N–H and O–H groups in total. The first-order chi connectivity index (χ1) is 7.29. The Hall–Kier alpha value is -0.900. The summed E-state index contributed by atoms with van der Waals surface area (Å²) in [5, 5.41) is 9.72. The maximum Gasteiger partial charge on any atom is 0.0719 e. The van der Waals surface area contributed by atoms with Crippen LogP contribution in [0.5, 0.6) is 0 Å². The monoisotopic (exact) mass is 206 g/mol. The third-order valence-corrected chi connectivity index (χ3v) is 3.03. The van der Waals surface area contributed by atoms with Gasteiger partial charge in [-0.2, -0.15) is 0 Å². The fourth-order valence-electron chi connectivity index (χ4n) is 2.14. The standard InChI is InChI=1S/C12H18N2O/c13-6-11-8-14(9-12(11)15)7-10-4-2-1-3-5-10/h1-5,11-12,15H,6-9,13H2/t11-,12-/m1/s1. The fourth-order valence-corrected chi connectivity index (χ4v) is 2.14. The number of nitrogens with zero attached hydrogens (tertiary/aromatic N) is 1. The van der Waals surface area contributed by atoms with Crippen LogP contribution in [0.4, 0.5) is 0 Å². The highest BCUT2D eigenvalue weighted by molar-refractivity contribution is 5.14. The summed E-state index contributed by atoms with van der Waals surface area (Å²) in [7, 11) is 0. The predicted molar refractivity (Wildman–Crippen MR) is 60.3 cm³/mol. The average Bonchev–Trinajstić information content (AvgIpc) is 2.60. The molecule has 1 aromatic carbocycles. The van der Waals surface area contributed by atoms with Crippen molar-refractivity contribution in [3.05, 3.63) is 35.9 Å². The highest BCUT2D eigenvalue weighted by atomic mass is 16.3. The summed E-state index contributed by atoms with van der Waals surface area (Å²) < 4.78 is 0.